The minimum absolute atomic E-state index is 0.0783. The van der Waals surface area contributed by atoms with Crippen molar-refractivity contribution in [1.82, 2.24) is 30.4 Å². The number of amides is 2. The van der Waals surface area contributed by atoms with E-state index in [-0.39, 0.29) is 5.70 Å². The molecule has 0 spiro atoms. The highest BCUT2D eigenvalue weighted by Crippen LogP contribution is 2.41. The number of nitrogens with one attached hydrogen (secondary N) is 1. The largest absolute Gasteiger partial charge is 0.477 e. The average molecular weight is 463 g/mol. The van der Waals surface area contributed by atoms with Crippen LogP contribution >= 0.6 is 23.5 Å². The van der Waals surface area contributed by atoms with Crippen LogP contribution in [0, 0.1) is 0 Å². The van der Waals surface area contributed by atoms with Crippen LogP contribution in [0.1, 0.15) is 11.7 Å². The van der Waals surface area contributed by atoms with Crippen LogP contribution in [0.15, 0.2) is 46.8 Å². The van der Waals surface area contributed by atoms with Gasteiger partial charge in [0.25, 0.3) is 11.8 Å². The van der Waals surface area contributed by atoms with Gasteiger partial charge in [0.15, 0.2) is 6.10 Å². The van der Waals surface area contributed by atoms with Crippen LogP contribution in [0.5, 0.6) is 0 Å². The molecule has 3 atom stereocenters. The summed E-state index contributed by atoms with van der Waals surface area (Å²) in [6.45, 7) is 0. The number of aliphatic hydroxyl groups is 1. The van der Waals surface area contributed by atoms with Crippen molar-refractivity contribution < 1.29 is 24.6 Å². The number of nitrogens with zero attached hydrogens (tertiary/aromatic N) is 5. The van der Waals surface area contributed by atoms with Gasteiger partial charge in [0.05, 0.1) is 0 Å². The molecule has 0 bridgehead atoms. The number of hydrogen-bond donors (Lipinski definition) is 3. The Hall–Kier alpha value is -2.90. The number of aryl methyl sites for hydroxylation is 1. The molecule has 4 rings (SSSR count). The molecule has 3 N–H and O–H groups in total. The van der Waals surface area contributed by atoms with E-state index >= 15 is 0 Å². The number of aromatic nitrogens is 4. The predicted octanol–water partition coefficient (Wildman–Crippen LogP) is -0.226. The van der Waals surface area contributed by atoms with E-state index in [1.807, 2.05) is 0 Å². The summed E-state index contributed by atoms with van der Waals surface area (Å²) in [5, 5.41) is 33.6. The fourth-order valence-electron chi connectivity index (χ4n) is 3.31. The highest BCUT2D eigenvalue weighted by Gasteiger charge is 2.54. The lowest BCUT2D eigenvalue weighted by Gasteiger charge is -2.49. The quantitative estimate of drug-likeness (QED) is 0.372. The number of thioether (sulfide) groups is 2. The topological polar surface area (TPSA) is 151 Å². The summed E-state index contributed by atoms with van der Waals surface area (Å²) in [6.07, 6.45) is -1.42. The normalized spacial score (nSPS) is 21.4. The van der Waals surface area contributed by atoms with Crippen molar-refractivity contribution in [3.63, 3.8) is 0 Å². The van der Waals surface area contributed by atoms with Gasteiger partial charge in [-0.15, -0.1) is 16.9 Å². The number of tetrazole rings is 1. The van der Waals surface area contributed by atoms with Gasteiger partial charge < -0.3 is 15.5 Å². The lowest BCUT2D eigenvalue weighted by Crippen LogP contribution is -2.70. The van der Waals surface area contributed by atoms with Gasteiger partial charge in [0, 0.05) is 18.6 Å². The van der Waals surface area contributed by atoms with Crippen molar-refractivity contribution >= 4 is 41.3 Å². The lowest BCUT2D eigenvalue weighted by atomic mass is 10.0. The van der Waals surface area contributed by atoms with E-state index < -0.39 is 35.3 Å². The fraction of sp³-hybridized carbons (Fsp3) is 0.333. The number of carboxylic acids is 1. The molecule has 1 aromatic heterocycles. The van der Waals surface area contributed by atoms with Gasteiger partial charge in [-0.1, -0.05) is 42.1 Å². The van der Waals surface area contributed by atoms with Gasteiger partial charge in [0.1, 0.15) is 17.1 Å². The van der Waals surface area contributed by atoms with Crippen LogP contribution in [0.25, 0.3) is 0 Å². The molecule has 11 nitrogen and oxygen atoms in total. The van der Waals surface area contributed by atoms with E-state index in [4.69, 9.17) is 0 Å². The molecule has 2 aliphatic rings. The standard InChI is InChI=1S/C18H18N6O5S2/c1-23-18(20-21-22-23)31-8-10-7-30-16-11(15(27)24(16)12(10)17(28)29)19-14(26)13(25)9-5-3-2-4-6-9/h2-6,11,13,16,25H,7-8H2,1H3,(H,19,26)(H,28,29)/t11-,13-,16?/m1/s1. The smallest absolute Gasteiger partial charge is 0.352 e. The van der Waals surface area contributed by atoms with E-state index in [9.17, 15) is 24.6 Å². The van der Waals surface area contributed by atoms with Gasteiger partial charge in [0.2, 0.25) is 5.16 Å². The second-order valence-corrected chi connectivity index (χ2v) is 8.89. The molecule has 2 aliphatic heterocycles. The molecule has 0 saturated carbocycles. The molecule has 1 unspecified atom stereocenters. The zero-order valence-electron chi connectivity index (χ0n) is 16.2. The Labute approximate surface area is 184 Å². The summed E-state index contributed by atoms with van der Waals surface area (Å²) in [7, 11) is 1.68. The Morgan fingerprint density at radius 1 is 1.35 bits per heavy atom. The molecule has 1 saturated heterocycles. The molecule has 0 radical (unpaired) electrons. The molecule has 31 heavy (non-hydrogen) atoms. The first-order valence-electron chi connectivity index (χ1n) is 9.17. The van der Waals surface area contributed by atoms with Crippen LogP contribution in [-0.2, 0) is 21.4 Å². The highest BCUT2D eigenvalue weighted by molar-refractivity contribution is 8.01. The lowest BCUT2D eigenvalue weighted by molar-refractivity contribution is -0.151. The van der Waals surface area contributed by atoms with Crippen molar-refractivity contribution in [2.45, 2.75) is 22.7 Å². The summed E-state index contributed by atoms with van der Waals surface area (Å²) in [6, 6.07) is 7.46. The second kappa shape index (κ2) is 8.69. The number of carbonyl (C=O) groups excluding carboxylic acids is 2. The summed E-state index contributed by atoms with van der Waals surface area (Å²) in [5.41, 5.74) is 0.901. The highest BCUT2D eigenvalue weighted by atomic mass is 32.2. The Morgan fingerprint density at radius 3 is 2.74 bits per heavy atom. The maximum Gasteiger partial charge on any atom is 0.352 e. The molecule has 162 valence electrons. The molecule has 1 aromatic carbocycles. The number of aliphatic hydroxyl groups excluding tert-OH is 1. The first-order valence-corrected chi connectivity index (χ1v) is 11.2. The van der Waals surface area contributed by atoms with Gasteiger partial charge in [-0.2, -0.15) is 0 Å². The number of rotatable bonds is 7. The van der Waals surface area contributed by atoms with Crippen molar-refractivity contribution in [3.05, 3.63) is 47.2 Å². The van der Waals surface area contributed by atoms with E-state index in [1.54, 1.807) is 37.4 Å². The SMILES string of the molecule is Cn1nnnc1SCC1=C(C(=O)O)N2C(=O)[C@@H](NC(=O)[C@H](O)c3ccccc3)C2SC1. The Kier molecular flexibility index (Phi) is 5.98. The van der Waals surface area contributed by atoms with Crippen molar-refractivity contribution in [3.8, 4) is 0 Å². The summed E-state index contributed by atoms with van der Waals surface area (Å²) in [4.78, 5) is 38.2. The third kappa shape index (κ3) is 4.03. The Morgan fingerprint density at radius 2 is 2.10 bits per heavy atom. The average Bonchev–Trinajstić information content (AvgIpc) is 3.19. The monoisotopic (exact) mass is 462 g/mol. The third-order valence-corrected chi connectivity index (χ3v) is 7.30. The van der Waals surface area contributed by atoms with Crippen LogP contribution < -0.4 is 5.32 Å². The molecule has 13 heteroatoms. The zero-order chi connectivity index (χ0) is 22.1. The number of carboxylic acid groups (broad SMARTS) is 1. The number of hydrogen-bond acceptors (Lipinski definition) is 9. The molecule has 3 heterocycles. The molecular weight excluding hydrogens is 444 g/mol. The number of β-lactam (4-membered cyclic amide) rings is 1. The minimum atomic E-state index is -1.42. The number of aliphatic carboxylic acids is 1. The summed E-state index contributed by atoms with van der Waals surface area (Å²) in [5.74, 6) is -1.75. The van der Waals surface area contributed by atoms with Gasteiger partial charge in [-0.3, -0.25) is 14.5 Å². The second-order valence-electron chi connectivity index (χ2n) is 6.84. The van der Waals surface area contributed by atoms with Crippen LogP contribution in [-0.4, -0.2) is 76.0 Å². The number of carbonyl (C=O) groups is 3. The maximum absolute atomic E-state index is 12.7. The van der Waals surface area contributed by atoms with Crippen molar-refractivity contribution in [2.24, 2.45) is 7.05 Å². The van der Waals surface area contributed by atoms with E-state index in [2.05, 4.69) is 20.8 Å². The van der Waals surface area contributed by atoms with Gasteiger partial charge in [-0.05, 0) is 21.6 Å². The Bertz CT molecular complexity index is 1060. The third-order valence-electron chi connectivity index (χ3n) is 4.87. The molecule has 1 fully saturated rings. The maximum atomic E-state index is 12.7. The van der Waals surface area contributed by atoms with Crippen LogP contribution in [0.3, 0.4) is 0 Å². The van der Waals surface area contributed by atoms with Crippen molar-refractivity contribution in [1.29, 1.82) is 0 Å². The van der Waals surface area contributed by atoms with Gasteiger partial charge in [-0.25, -0.2) is 9.48 Å². The van der Waals surface area contributed by atoms with E-state index in [0.717, 1.165) is 0 Å². The van der Waals surface area contributed by atoms with Crippen molar-refractivity contribution in [2.75, 3.05) is 11.5 Å². The Balaban J connectivity index is 1.46. The number of fused-ring (bicyclic) bond motifs is 1. The molecule has 2 aromatic rings. The summed E-state index contributed by atoms with van der Waals surface area (Å²) < 4.78 is 1.48. The zero-order valence-corrected chi connectivity index (χ0v) is 17.8. The first kappa shape index (κ1) is 21.3. The molecule has 0 aliphatic carbocycles. The van der Waals surface area contributed by atoms with Crippen LogP contribution in [0.2, 0.25) is 0 Å². The van der Waals surface area contributed by atoms with E-state index in [0.29, 0.717) is 27.8 Å². The van der Waals surface area contributed by atoms with E-state index in [1.165, 1.54) is 33.1 Å². The van der Waals surface area contributed by atoms with Gasteiger partial charge >= 0.3 is 5.97 Å². The molecule has 2 amide bonds. The molecular formula is C18H18N6O5S2. The number of benzene rings is 1. The van der Waals surface area contributed by atoms with Crippen LogP contribution in [0.4, 0.5) is 0 Å². The first-order chi connectivity index (χ1) is 14.9. The summed E-state index contributed by atoms with van der Waals surface area (Å²) >= 11 is 2.64. The fourth-order valence-corrected chi connectivity index (χ4v) is 5.64. The minimum Gasteiger partial charge on any atom is -0.477 e. The predicted molar refractivity (Wildman–Crippen MR) is 111 cm³/mol.